The minimum Gasteiger partial charge on any atom is -0.493 e. The van der Waals surface area contributed by atoms with Crippen molar-refractivity contribution in [2.75, 3.05) is 46.6 Å². The van der Waals surface area contributed by atoms with E-state index in [1.807, 2.05) is 12.1 Å². The molecule has 2 rings (SSSR count). The number of ether oxygens (including phenoxy) is 3. The molecule has 0 saturated heterocycles. The lowest BCUT2D eigenvalue weighted by molar-refractivity contribution is 0.0718. The van der Waals surface area contributed by atoms with E-state index in [1.54, 1.807) is 7.11 Å². The van der Waals surface area contributed by atoms with Crippen LogP contribution in [0.25, 0.3) is 0 Å². The van der Waals surface area contributed by atoms with Crippen LogP contribution in [0.2, 0.25) is 0 Å². The Labute approximate surface area is 108 Å². The second-order valence-electron chi connectivity index (χ2n) is 4.36. The summed E-state index contributed by atoms with van der Waals surface area (Å²) in [7, 11) is 1.68. The molecule has 0 saturated carbocycles. The van der Waals surface area contributed by atoms with Gasteiger partial charge >= 0.3 is 0 Å². The highest BCUT2D eigenvalue weighted by atomic mass is 16.5. The number of rotatable bonds is 8. The molecule has 1 aliphatic heterocycles. The summed E-state index contributed by atoms with van der Waals surface area (Å²) < 4.78 is 15.9. The lowest BCUT2D eigenvalue weighted by Crippen LogP contribution is -2.26. The molecule has 1 N–H and O–H groups in total. The molecule has 1 aromatic rings. The van der Waals surface area contributed by atoms with Crippen molar-refractivity contribution in [1.82, 2.24) is 5.32 Å². The number of methoxy groups -OCH3 is 1. The summed E-state index contributed by atoms with van der Waals surface area (Å²) in [6, 6.07) is 8.25. The van der Waals surface area contributed by atoms with Crippen molar-refractivity contribution in [2.45, 2.75) is 5.92 Å². The first-order valence-electron chi connectivity index (χ1n) is 6.41. The van der Waals surface area contributed by atoms with Crippen LogP contribution in [0.3, 0.4) is 0 Å². The molecule has 0 amide bonds. The minimum absolute atomic E-state index is 0.458. The van der Waals surface area contributed by atoms with Crippen LogP contribution in [0, 0.1) is 0 Å². The van der Waals surface area contributed by atoms with Gasteiger partial charge in [-0.15, -0.1) is 0 Å². The monoisotopic (exact) mass is 251 g/mol. The summed E-state index contributed by atoms with van der Waals surface area (Å²) in [5.74, 6) is 1.49. The Balaban J connectivity index is 1.61. The molecule has 1 atom stereocenters. The Morgan fingerprint density at radius 1 is 1.28 bits per heavy atom. The number of hydrogen-bond acceptors (Lipinski definition) is 4. The van der Waals surface area contributed by atoms with Gasteiger partial charge in [-0.25, -0.2) is 0 Å². The van der Waals surface area contributed by atoms with Gasteiger partial charge in [0.15, 0.2) is 0 Å². The molecule has 0 aromatic heterocycles. The van der Waals surface area contributed by atoms with E-state index in [1.165, 1.54) is 5.56 Å². The van der Waals surface area contributed by atoms with Crippen molar-refractivity contribution < 1.29 is 14.2 Å². The summed E-state index contributed by atoms with van der Waals surface area (Å²) in [5, 5.41) is 3.40. The summed E-state index contributed by atoms with van der Waals surface area (Å²) in [5.41, 5.74) is 1.31. The lowest BCUT2D eigenvalue weighted by Gasteiger charge is -2.10. The van der Waals surface area contributed by atoms with E-state index in [2.05, 4.69) is 17.4 Å². The van der Waals surface area contributed by atoms with Crippen LogP contribution in [0.15, 0.2) is 24.3 Å². The Hall–Kier alpha value is -1.10. The van der Waals surface area contributed by atoms with Gasteiger partial charge in [0.1, 0.15) is 5.75 Å². The first-order chi connectivity index (χ1) is 8.92. The SMILES string of the molecule is COCCOCCNCC1COc2ccccc21. The maximum Gasteiger partial charge on any atom is 0.122 e. The standard InChI is InChI=1S/C14H21NO3/c1-16-8-9-17-7-6-15-10-12-11-18-14-5-3-2-4-13(12)14/h2-5,12,15H,6-11H2,1H3. The normalized spacial score (nSPS) is 17.5. The van der Waals surface area contributed by atoms with Gasteiger partial charge in [0.05, 0.1) is 26.4 Å². The van der Waals surface area contributed by atoms with E-state index < -0.39 is 0 Å². The van der Waals surface area contributed by atoms with E-state index in [-0.39, 0.29) is 0 Å². The van der Waals surface area contributed by atoms with Crippen LogP contribution in [-0.2, 0) is 9.47 Å². The Kier molecular flexibility index (Phi) is 5.45. The summed E-state index contributed by atoms with van der Waals surface area (Å²) >= 11 is 0. The topological polar surface area (TPSA) is 39.7 Å². The summed E-state index contributed by atoms with van der Waals surface area (Å²) in [4.78, 5) is 0. The summed E-state index contributed by atoms with van der Waals surface area (Å²) in [6.45, 7) is 4.61. The second-order valence-corrected chi connectivity index (χ2v) is 4.36. The molecular weight excluding hydrogens is 230 g/mol. The fraction of sp³-hybridized carbons (Fsp3) is 0.571. The van der Waals surface area contributed by atoms with Gasteiger partial charge in [0.2, 0.25) is 0 Å². The van der Waals surface area contributed by atoms with Crippen molar-refractivity contribution in [3.05, 3.63) is 29.8 Å². The predicted octanol–water partition coefficient (Wildman–Crippen LogP) is 1.42. The van der Waals surface area contributed by atoms with Crippen LogP contribution in [0.1, 0.15) is 11.5 Å². The molecule has 0 radical (unpaired) electrons. The Morgan fingerprint density at radius 2 is 2.17 bits per heavy atom. The van der Waals surface area contributed by atoms with Gasteiger partial charge in [-0.3, -0.25) is 0 Å². The first kappa shape index (κ1) is 13.3. The molecule has 0 fully saturated rings. The van der Waals surface area contributed by atoms with Crippen LogP contribution < -0.4 is 10.1 Å². The zero-order valence-corrected chi connectivity index (χ0v) is 10.9. The van der Waals surface area contributed by atoms with E-state index >= 15 is 0 Å². The number of hydrogen-bond donors (Lipinski definition) is 1. The second kappa shape index (κ2) is 7.36. The van der Waals surface area contributed by atoms with E-state index in [4.69, 9.17) is 14.2 Å². The maximum absolute atomic E-state index is 5.63. The van der Waals surface area contributed by atoms with Crippen LogP contribution in [0.5, 0.6) is 5.75 Å². The Morgan fingerprint density at radius 3 is 3.06 bits per heavy atom. The molecule has 1 heterocycles. The fourth-order valence-electron chi connectivity index (χ4n) is 2.06. The summed E-state index contributed by atoms with van der Waals surface area (Å²) in [6.07, 6.45) is 0. The average Bonchev–Trinajstić information content (AvgIpc) is 2.81. The van der Waals surface area contributed by atoms with Crippen LogP contribution in [0.4, 0.5) is 0 Å². The van der Waals surface area contributed by atoms with E-state index in [9.17, 15) is 0 Å². The van der Waals surface area contributed by atoms with Gasteiger partial charge < -0.3 is 19.5 Å². The van der Waals surface area contributed by atoms with Crippen LogP contribution in [-0.4, -0.2) is 46.6 Å². The van der Waals surface area contributed by atoms with Crippen molar-refractivity contribution in [1.29, 1.82) is 0 Å². The van der Waals surface area contributed by atoms with Crippen molar-refractivity contribution >= 4 is 0 Å². The number of benzene rings is 1. The van der Waals surface area contributed by atoms with Crippen LogP contribution >= 0.6 is 0 Å². The van der Waals surface area contributed by atoms with E-state index in [0.717, 1.165) is 32.1 Å². The third-order valence-corrected chi connectivity index (χ3v) is 3.04. The van der Waals surface area contributed by atoms with Crippen molar-refractivity contribution in [2.24, 2.45) is 0 Å². The number of nitrogens with one attached hydrogen (secondary N) is 1. The molecule has 100 valence electrons. The maximum atomic E-state index is 5.63. The molecule has 1 unspecified atom stereocenters. The first-order valence-corrected chi connectivity index (χ1v) is 6.41. The van der Waals surface area contributed by atoms with Crippen molar-refractivity contribution in [3.8, 4) is 5.75 Å². The highest BCUT2D eigenvalue weighted by Gasteiger charge is 2.22. The molecule has 0 spiro atoms. The highest BCUT2D eigenvalue weighted by Crippen LogP contribution is 2.32. The van der Waals surface area contributed by atoms with E-state index in [0.29, 0.717) is 19.1 Å². The van der Waals surface area contributed by atoms with Crippen molar-refractivity contribution in [3.63, 3.8) is 0 Å². The third kappa shape index (κ3) is 3.70. The quantitative estimate of drug-likeness (QED) is 0.709. The zero-order valence-electron chi connectivity index (χ0n) is 10.9. The lowest BCUT2D eigenvalue weighted by atomic mass is 10.0. The molecule has 18 heavy (non-hydrogen) atoms. The molecular formula is C14H21NO3. The number of fused-ring (bicyclic) bond motifs is 1. The largest absolute Gasteiger partial charge is 0.493 e. The average molecular weight is 251 g/mol. The molecule has 4 nitrogen and oxygen atoms in total. The molecule has 0 bridgehead atoms. The molecule has 1 aliphatic rings. The number of para-hydroxylation sites is 1. The van der Waals surface area contributed by atoms with Gasteiger partial charge in [-0.1, -0.05) is 18.2 Å². The molecule has 0 aliphatic carbocycles. The predicted molar refractivity (Wildman–Crippen MR) is 70.2 cm³/mol. The van der Waals surface area contributed by atoms with Gasteiger partial charge in [-0.2, -0.15) is 0 Å². The molecule has 4 heteroatoms. The third-order valence-electron chi connectivity index (χ3n) is 3.04. The van der Waals surface area contributed by atoms with Gasteiger partial charge in [0, 0.05) is 31.7 Å². The highest BCUT2D eigenvalue weighted by molar-refractivity contribution is 5.39. The smallest absolute Gasteiger partial charge is 0.122 e. The molecule has 1 aromatic carbocycles. The minimum atomic E-state index is 0.458. The van der Waals surface area contributed by atoms with Gasteiger partial charge in [-0.05, 0) is 6.07 Å². The fourth-order valence-corrected chi connectivity index (χ4v) is 2.06. The van der Waals surface area contributed by atoms with Gasteiger partial charge in [0.25, 0.3) is 0 Å². The zero-order chi connectivity index (χ0) is 12.6. The Bertz CT molecular complexity index is 357.